The van der Waals surface area contributed by atoms with Crippen molar-refractivity contribution in [2.45, 2.75) is 59.2 Å². The Morgan fingerprint density at radius 3 is 1.92 bits per heavy atom. The molecule has 0 unspecified atom stereocenters. The van der Waals surface area contributed by atoms with Crippen LogP contribution in [0.1, 0.15) is 57.1 Å². The van der Waals surface area contributed by atoms with Gasteiger partial charge in [-0.3, -0.25) is 0 Å². The molecule has 24 heavy (non-hydrogen) atoms. The fraction of sp³-hybridized carbons (Fsp3) is 0.714. The predicted octanol–water partition coefficient (Wildman–Crippen LogP) is 4.73. The van der Waals surface area contributed by atoms with Crippen molar-refractivity contribution >= 4 is 0 Å². The summed E-state index contributed by atoms with van der Waals surface area (Å²) in [6.07, 6.45) is 6.40. The fourth-order valence-corrected chi connectivity index (χ4v) is 3.64. The number of hydrogen-bond acceptors (Lipinski definition) is 3. The molecule has 1 aliphatic carbocycles. The molecule has 0 bridgehead atoms. The van der Waals surface area contributed by atoms with Crippen molar-refractivity contribution < 1.29 is 14.2 Å². The molecule has 0 radical (unpaired) electrons. The van der Waals surface area contributed by atoms with Gasteiger partial charge in [0.1, 0.15) is 0 Å². The molecule has 1 aromatic carbocycles. The highest BCUT2D eigenvalue weighted by molar-refractivity contribution is 5.22. The van der Waals surface area contributed by atoms with Crippen molar-refractivity contribution in [2.75, 3.05) is 26.4 Å². The molecule has 1 aromatic rings. The van der Waals surface area contributed by atoms with Gasteiger partial charge in [-0.05, 0) is 42.2 Å². The largest absolute Gasteiger partial charge is 0.380 e. The molecule has 0 amide bonds. The van der Waals surface area contributed by atoms with Crippen molar-refractivity contribution in [2.24, 2.45) is 10.8 Å². The van der Waals surface area contributed by atoms with Gasteiger partial charge in [-0.15, -0.1) is 0 Å². The Kier molecular flexibility index (Phi) is 5.96. The molecule has 2 aliphatic rings. The highest BCUT2D eigenvalue weighted by Crippen LogP contribution is 2.44. The molecule has 0 N–H and O–H groups in total. The predicted molar refractivity (Wildman–Crippen MR) is 95.9 cm³/mol. The van der Waals surface area contributed by atoms with E-state index in [1.807, 2.05) is 0 Å². The Morgan fingerprint density at radius 2 is 1.50 bits per heavy atom. The second-order valence-corrected chi connectivity index (χ2v) is 7.86. The molecule has 3 rings (SSSR count). The summed E-state index contributed by atoms with van der Waals surface area (Å²) in [5.74, 6) is 0. The van der Waals surface area contributed by atoms with Crippen LogP contribution in [-0.4, -0.2) is 26.4 Å². The van der Waals surface area contributed by atoms with Crippen LogP contribution < -0.4 is 0 Å². The first-order valence-corrected chi connectivity index (χ1v) is 9.50. The normalized spacial score (nSPS) is 21.1. The van der Waals surface area contributed by atoms with E-state index in [0.717, 1.165) is 32.8 Å². The lowest BCUT2D eigenvalue weighted by Gasteiger charge is -2.40. The second-order valence-electron chi connectivity index (χ2n) is 7.86. The minimum Gasteiger partial charge on any atom is -0.380 e. The average molecular weight is 332 g/mol. The first-order chi connectivity index (χ1) is 11.7. The fourth-order valence-electron chi connectivity index (χ4n) is 3.64. The van der Waals surface area contributed by atoms with E-state index in [4.69, 9.17) is 14.2 Å². The van der Waals surface area contributed by atoms with Gasteiger partial charge in [0, 0.05) is 5.41 Å². The third-order valence-electron chi connectivity index (χ3n) is 6.08. The van der Waals surface area contributed by atoms with E-state index in [-0.39, 0.29) is 5.41 Å². The van der Waals surface area contributed by atoms with Crippen molar-refractivity contribution in [3.05, 3.63) is 35.4 Å². The van der Waals surface area contributed by atoms with Crippen LogP contribution in [0.4, 0.5) is 0 Å². The highest BCUT2D eigenvalue weighted by Gasteiger charge is 2.37. The van der Waals surface area contributed by atoms with E-state index in [2.05, 4.69) is 38.1 Å². The molecular formula is C21H32O3. The zero-order valence-electron chi connectivity index (χ0n) is 15.3. The molecule has 1 aliphatic heterocycles. The number of hydrogen-bond donors (Lipinski definition) is 0. The van der Waals surface area contributed by atoms with E-state index in [0.29, 0.717) is 18.6 Å². The lowest BCUT2D eigenvalue weighted by Crippen LogP contribution is -2.45. The van der Waals surface area contributed by atoms with E-state index in [9.17, 15) is 0 Å². The molecule has 3 heteroatoms. The topological polar surface area (TPSA) is 27.7 Å². The lowest BCUT2D eigenvalue weighted by atomic mass is 9.68. The van der Waals surface area contributed by atoms with Crippen LogP contribution in [0.25, 0.3) is 0 Å². The summed E-state index contributed by atoms with van der Waals surface area (Å²) in [4.78, 5) is 0. The molecule has 1 saturated heterocycles. The minimum atomic E-state index is 0.262. The van der Waals surface area contributed by atoms with Crippen LogP contribution in [0.5, 0.6) is 0 Å². The zero-order valence-corrected chi connectivity index (χ0v) is 15.3. The van der Waals surface area contributed by atoms with Crippen LogP contribution in [0.2, 0.25) is 0 Å². The number of rotatable bonds is 10. The van der Waals surface area contributed by atoms with E-state index in [1.165, 1.54) is 36.8 Å². The van der Waals surface area contributed by atoms with Gasteiger partial charge in [0.15, 0.2) is 0 Å². The number of ether oxygens (including phenoxy) is 3. The molecular weight excluding hydrogens is 300 g/mol. The van der Waals surface area contributed by atoms with Gasteiger partial charge >= 0.3 is 0 Å². The third-order valence-corrected chi connectivity index (χ3v) is 6.08. The van der Waals surface area contributed by atoms with Gasteiger partial charge < -0.3 is 14.2 Å². The van der Waals surface area contributed by atoms with Crippen LogP contribution in [0, 0.1) is 10.8 Å². The molecule has 3 nitrogen and oxygen atoms in total. The zero-order chi connectivity index (χ0) is 16.9. The van der Waals surface area contributed by atoms with Gasteiger partial charge in [-0.2, -0.15) is 0 Å². The smallest absolute Gasteiger partial charge is 0.0717 e. The second kappa shape index (κ2) is 7.99. The molecule has 134 valence electrons. The molecule has 0 atom stereocenters. The Hall–Kier alpha value is -0.900. The maximum Gasteiger partial charge on any atom is 0.0717 e. The van der Waals surface area contributed by atoms with Crippen molar-refractivity contribution in [1.29, 1.82) is 0 Å². The third kappa shape index (κ3) is 4.19. The van der Waals surface area contributed by atoms with Gasteiger partial charge in [-0.1, -0.05) is 44.5 Å². The van der Waals surface area contributed by atoms with Gasteiger partial charge in [0.05, 0.1) is 39.6 Å². The minimum absolute atomic E-state index is 0.262. The molecule has 0 spiro atoms. The summed E-state index contributed by atoms with van der Waals surface area (Å²) in [5, 5.41) is 0. The first-order valence-electron chi connectivity index (χ1n) is 9.50. The Balaban J connectivity index is 1.42. The first kappa shape index (κ1) is 17.9. The Bertz CT molecular complexity index is 463. The van der Waals surface area contributed by atoms with Crippen LogP contribution in [0.3, 0.4) is 0 Å². The summed E-state index contributed by atoms with van der Waals surface area (Å²) < 4.78 is 17.3. The summed E-state index contributed by atoms with van der Waals surface area (Å²) in [5.41, 5.74) is 3.22. The van der Waals surface area contributed by atoms with E-state index >= 15 is 0 Å². The summed E-state index contributed by atoms with van der Waals surface area (Å²) >= 11 is 0. The average Bonchev–Trinajstić information content (AvgIpc) is 2.53. The van der Waals surface area contributed by atoms with Crippen molar-refractivity contribution in [3.8, 4) is 0 Å². The quantitative estimate of drug-likeness (QED) is 0.620. The molecule has 1 saturated carbocycles. The van der Waals surface area contributed by atoms with E-state index < -0.39 is 0 Å². The standard InChI is InChI=1S/C21H32O3/c1-3-20(9-6-10-20)14-22-12-18-7-5-8-19(11-18)13-23-15-21(4-2)16-24-17-21/h5,7-8,11H,3-4,6,9-10,12-17H2,1-2H3. The van der Waals surface area contributed by atoms with Crippen LogP contribution in [0.15, 0.2) is 24.3 Å². The summed E-state index contributed by atoms with van der Waals surface area (Å²) in [7, 11) is 0. The number of benzene rings is 1. The molecule has 2 fully saturated rings. The van der Waals surface area contributed by atoms with Crippen LogP contribution in [-0.2, 0) is 27.4 Å². The SMILES string of the molecule is CCC1(COCc2cccc(COCC3(CC)COC3)c2)CCC1. The summed E-state index contributed by atoms with van der Waals surface area (Å²) in [6, 6.07) is 8.61. The van der Waals surface area contributed by atoms with Crippen molar-refractivity contribution in [3.63, 3.8) is 0 Å². The van der Waals surface area contributed by atoms with Gasteiger partial charge in [0.25, 0.3) is 0 Å². The molecule has 0 aromatic heterocycles. The molecule has 1 heterocycles. The maximum atomic E-state index is 6.02. The lowest BCUT2D eigenvalue weighted by molar-refractivity contribution is -0.152. The van der Waals surface area contributed by atoms with Crippen molar-refractivity contribution in [1.82, 2.24) is 0 Å². The Labute approximate surface area is 146 Å². The van der Waals surface area contributed by atoms with Gasteiger partial charge in [-0.25, -0.2) is 0 Å². The monoisotopic (exact) mass is 332 g/mol. The Morgan fingerprint density at radius 1 is 0.917 bits per heavy atom. The van der Waals surface area contributed by atoms with Gasteiger partial charge in [0.2, 0.25) is 0 Å². The highest BCUT2D eigenvalue weighted by atomic mass is 16.5. The van der Waals surface area contributed by atoms with E-state index in [1.54, 1.807) is 0 Å². The van der Waals surface area contributed by atoms with Crippen LogP contribution >= 0.6 is 0 Å². The summed E-state index contributed by atoms with van der Waals surface area (Å²) in [6.45, 7) is 9.28. The maximum absolute atomic E-state index is 6.02.